The van der Waals surface area contributed by atoms with Crippen LogP contribution in [0.5, 0.6) is 0 Å². The van der Waals surface area contributed by atoms with Gasteiger partial charge in [-0.3, -0.25) is 0 Å². The second kappa shape index (κ2) is 49.3. The van der Waals surface area contributed by atoms with Gasteiger partial charge in [-0.25, -0.2) is 0 Å². The molecule has 0 saturated heterocycles. The van der Waals surface area contributed by atoms with E-state index in [2.05, 4.69) is 41.5 Å². The molecule has 0 rings (SSSR count). The van der Waals surface area contributed by atoms with Crippen LogP contribution >= 0.6 is 0 Å². The van der Waals surface area contributed by atoms with Crippen LogP contribution < -0.4 is 0 Å². The van der Waals surface area contributed by atoms with Crippen LogP contribution in [0.2, 0.25) is 0 Å². The van der Waals surface area contributed by atoms with Crippen molar-refractivity contribution < 1.29 is 27.2 Å². The van der Waals surface area contributed by atoms with Crippen LogP contribution in [0.1, 0.15) is 59.3 Å². The molecule has 0 amide bonds. The Kier molecular flexibility index (Phi) is 103. The molecule has 1 nitrogen and oxygen atoms in total. The van der Waals surface area contributed by atoms with Crippen LogP contribution in [0.15, 0.2) is 0 Å². The third-order valence-corrected chi connectivity index (χ3v) is 1.06. The predicted octanol–water partition coefficient (Wildman–Crippen LogP) is 4.03. The van der Waals surface area contributed by atoms with E-state index < -0.39 is 0 Å². The smallest absolute Gasteiger partial charge is 0.412 e. The van der Waals surface area contributed by atoms with Crippen molar-refractivity contribution in [2.75, 3.05) is 0 Å². The molecule has 0 aromatic carbocycles. The summed E-state index contributed by atoms with van der Waals surface area (Å²) in [7, 11) is 0. The summed E-state index contributed by atoms with van der Waals surface area (Å²) in [4.78, 5) is 0. The van der Waals surface area contributed by atoms with Crippen LogP contribution in [-0.2, 0) is 21.7 Å². The number of unbranched alkanes of at least 4 members (excludes halogenated alkanes) is 3. The third-order valence-electron chi connectivity index (χ3n) is 1.06. The molecule has 0 saturated carbocycles. The molecule has 2 heteroatoms. The molecule has 0 heterocycles. The first-order valence-electron chi connectivity index (χ1n) is 5.12. The van der Waals surface area contributed by atoms with Crippen molar-refractivity contribution in [1.82, 2.24) is 0 Å². The molecule has 87 valence electrons. The molecule has 0 unspecified atom stereocenters. The van der Waals surface area contributed by atoms with E-state index in [4.69, 9.17) is 0 Å². The van der Waals surface area contributed by atoms with Gasteiger partial charge < -0.3 is 26.2 Å². The summed E-state index contributed by atoms with van der Waals surface area (Å²) in [6, 6.07) is 0. The zero-order chi connectivity index (χ0) is 10.2. The zero-order valence-electron chi connectivity index (χ0n) is 10.4. The van der Waals surface area contributed by atoms with E-state index in [-0.39, 0.29) is 27.2 Å². The normalized spacial score (nSPS) is 6.43. The minimum absolute atomic E-state index is 0. The minimum Gasteiger partial charge on any atom is -0.412 e. The molecule has 0 fully saturated rings. The maximum absolute atomic E-state index is 3.60. The van der Waals surface area contributed by atoms with Crippen molar-refractivity contribution in [3.8, 4) is 0 Å². The Balaban J connectivity index is -0.0000000270. The SMILES string of the molecule is O.[CH2-]CCC.[CH2-]CCC.[CH2-]CCC.[Ti+3]. The molecule has 0 aliphatic rings. The van der Waals surface area contributed by atoms with E-state index in [0.717, 1.165) is 19.3 Å². The molecule has 2 N–H and O–H groups in total. The average molecular weight is 237 g/mol. The van der Waals surface area contributed by atoms with Crippen molar-refractivity contribution in [3.63, 3.8) is 0 Å². The minimum atomic E-state index is 0. The van der Waals surface area contributed by atoms with Gasteiger partial charge in [-0.1, -0.05) is 40.0 Å². The molecule has 0 aromatic rings. The summed E-state index contributed by atoms with van der Waals surface area (Å²) in [5, 5.41) is 0. The summed E-state index contributed by atoms with van der Waals surface area (Å²) in [6.45, 7) is 17.2. The summed E-state index contributed by atoms with van der Waals surface area (Å²) in [5.74, 6) is 0. The van der Waals surface area contributed by atoms with Gasteiger partial charge in [0.25, 0.3) is 0 Å². The second-order valence-electron chi connectivity index (χ2n) is 2.56. The Morgan fingerprint density at radius 1 is 0.643 bits per heavy atom. The van der Waals surface area contributed by atoms with Gasteiger partial charge in [-0.2, -0.15) is 19.3 Å². The van der Waals surface area contributed by atoms with Crippen molar-refractivity contribution in [1.29, 1.82) is 0 Å². The zero-order valence-corrected chi connectivity index (χ0v) is 11.9. The molecular weight excluding hydrogens is 208 g/mol. The first kappa shape index (κ1) is 29.3. The average Bonchev–Trinajstić information content (AvgIpc) is 2.18. The van der Waals surface area contributed by atoms with Gasteiger partial charge in [0.1, 0.15) is 0 Å². The van der Waals surface area contributed by atoms with Crippen LogP contribution in [0, 0.1) is 20.8 Å². The van der Waals surface area contributed by atoms with Gasteiger partial charge in [0, 0.05) is 0 Å². The van der Waals surface area contributed by atoms with Crippen molar-refractivity contribution in [2.45, 2.75) is 59.3 Å². The van der Waals surface area contributed by atoms with Gasteiger partial charge in [-0.15, -0.1) is 0 Å². The van der Waals surface area contributed by atoms with E-state index in [1.54, 1.807) is 0 Å². The molecule has 0 aliphatic carbocycles. The summed E-state index contributed by atoms with van der Waals surface area (Å²) >= 11 is 0. The van der Waals surface area contributed by atoms with Crippen molar-refractivity contribution >= 4 is 0 Å². The second-order valence-corrected chi connectivity index (χ2v) is 2.56. The Bertz CT molecular complexity index is 25.8. The molecule has 1 radical (unpaired) electrons. The Hall–Kier alpha value is 0.674. The van der Waals surface area contributed by atoms with Crippen LogP contribution in [0.3, 0.4) is 0 Å². The molecule has 0 spiro atoms. The van der Waals surface area contributed by atoms with Crippen molar-refractivity contribution in [3.05, 3.63) is 20.8 Å². The van der Waals surface area contributed by atoms with Gasteiger partial charge in [0.15, 0.2) is 0 Å². The van der Waals surface area contributed by atoms with Gasteiger partial charge in [0.05, 0.1) is 0 Å². The molecule has 0 atom stereocenters. The fourth-order valence-electron chi connectivity index (χ4n) is 0. The quantitative estimate of drug-likeness (QED) is 0.524. The number of rotatable bonds is 3. The third kappa shape index (κ3) is 128. The fourth-order valence-corrected chi connectivity index (χ4v) is 0. The van der Waals surface area contributed by atoms with Crippen LogP contribution in [0.25, 0.3) is 0 Å². The summed E-state index contributed by atoms with van der Waals surface area (Å²) in [6.07, 6.45) is 6.83. The van der Waals surface area contributed by atoms with Crippen LogP contribution in [0.4, 0.5) is 0 Å². The molecule has 0 bridgehead atoms. The molecule has 14 heavy (non-hydrogen) atoms. The first-order chi connectivity index (χ1) is 5.74. The van der Waals surface area contributed by atoms with Gasteiger partial charge >= 0.3 is 21.7 Å². The first-order valence-corrected chi connectivity index (χ1v) is 5.12. The van der Waals surface area contributed by atoms with Gasteiger partial charge in [-0.05, 0) is 0 Å². The Labute approximate surface area is 107 Å². The number of hydrogen-bond donors (Lipinski definition) is 0. The molecule has 0 aliphatic heterocycles. The van der Waals surface area contributed by atoms with E-state index >= 15 is 0 Å². The monoisotopic (exact) mass is 237 g/mol. The topological polar surface area (TPSA) is 31.5 Å². The van der Waals surface area contributed by atoms with Crippen LogP contribution in [-0.4, -0.2) is 5.48 Å². The predicted molar refractivity (Wildman–Crippen MR) is 64.4 cm³/mol. The Morgan fingerprint density at radius 3 is 0.714 bits per heavy atom. The van der Waals surface area contributed by atoms with E-state index in [1.165, 1.54) is 19.3 Å². The number of hydrogen-bond acceptors (Lipinski definition) is 0. The summed E-state index contributed by atoms with van der Waals surface area (Å²) in [5.41, 5.74) is 0. The van der Waals surface area contributed by atoms with E-state index in [9.17, 15) is 0 Å². The fraction of sp³-hybridized carbons (Fsp3) is 0.750. The van der Waals surface area contributed by atoms with E-state index in [1.807, 2.05) is 0 Å². The standard InChI is InChI=1S/3C4H9.H2O.Ti/c3*1-3-4-2;;/h3*1,3-4H2,2H3;1H2;/q3*-1;;+3. The van der Waals surface area contributed by atoms with Crippen molar-refractivity contribution in [2.24, 2.45) is 0 Å². The maximum atomic E-state index is 3.60. The molecular formula is C12H29OTi. The van der Waals surface area contributed by atoms with E-state index in [0.29, 0.717) is 0 Å². The molecule has 0 aromatic heterocycles. The van der Waals surface area contributed by atoms with Gasteiger partial charge in [0.2, 0.25) is 0 Å². The Morgan fingerprint density at radius 2 is 0.714 bits per heavy atom. The largest absolute Gasteiger partial charge is 3.00 e. The summed E-state index contributed by atoms with van der Waals surface area (Å²) < 4.78 is 0. The maximum Gasteiger partial charge on any atom is 3.00 e.